The molecule has 11 heteroatoms. The van der Waals surface area contributed by atoms with Crippen LogP contribution in [0.2, 0.25) is 0 Å². The summed E-state index contributed by atoms with van der Waals surface area (Å²) in [5, 5.41) is 13.6. The van der Waals surface area contributed by atoms with Gasteiger partial charge in [-0.25, -0.2) is 0 Å². The molecule has 2 N–H and O–H groups in total. The van der Waals surface area contributed by atoms with Crippen LogP contribution >= 0.6 is 0 Å². The van der Waals surface area contributed by atoms with Crippen molar-refractivity contribution in [3.05, 3.63) is 61.2 Å². The molecule has 270 valence electrons. The lowest BCUT2D eigenvalue weighted by Gasteiger charge is -2.39. The number of allylic oxidation sites excluding steroid dienone is 1. The normalized spacial score (nSPS) is 25.8. The Morgan fingerprint density at radius 1 is 1.20 bits per heavy atom. The molecular formula is C38H55N3O8. The Kier molecular flexibility index (Phi) is 13.6. The van der Waals surface area contributed by atoms with Crippen LogP contribution in [0.4, 0.5) is 0 Å². The van der Waals surface area contributed by atoms with E-state index in [-0.39, 0.29) is 43.3 Å². The van der Waals surface area contributed by atoms with Crippen molar-refractivity contribution in [1.29, 1.82) is 0 Å². The van der Waals surface area contributed by atoms with Gasteiger partial charge in [0.15, 0.2) is 0 Å². The topological polar surface area (TPSA) is 135 Å². The summed E-state index contributed by atoms with van der Waals surface area (Å²) in [4.78, 5) is 59.8. The summed E-state index contributed by atoms with van der Waals surface area (Å²) in [6.45, 7) is 14.1. The Labute approximate surface area is 291 Å². The molecule has 1 aromatic rings. The molecule has 0 aliphatic carbocycles. The van der Waals surface area contributed by atoms with E-state index in [9.17, 15) is 24.3 Å². The van der Waals surface area contributed by atoms with E-state index in [1.54, 1.807) is 17.1 Å². The summed E-state index contributed by atoms with van der Waals surface area (Å²) in [6, 6.07) is 6.76. The number of esters is 1. The fourth-order valence-corrected chi connectivity index (χ4v) is 7.95. The highest BCUT2D eigenvalue weighted by Gasteiger charge is 2.75. The standard InChI is InChI=1S/C38H55N3O8/c1-7-10-17-30(43)39-28(24-47-6)33(26-15-13-12-14-16-26)48-37(46)31-29-18-19-38(49-29)32(31)35(44)41(27(23-42)22-25(4)5)34(38)36(45)40(20-9-3)21-11-8-2/h7,9,12-16,25,27-29,31-34,42H,1,3,8,10-11,17-24H2,2,4-6H3,(H,39,43)/t27-,28+,29-,31+,32+,33+,34-,38+/m1/s1. The van der Waals surface area contributed by atoms with Crippen molar-refractivity contribution in [2.45, 2.75) is 102 Å². The van der Waals surface area contributed by atoms with E-state index >= 15 is 0 Å². The van der Waals surface area contributed by atoms with Gasteiger partial charge in [-0.05, 0) is 43.6 Å². The van der Waals surface area contributed by atoms with Crippen LogP contribution in [0.3, 0.4) is 0 Å². The predicted octanol–water partition coefficient (Wildman–Crippen LogP) is 3.96. The summed E-state index contributed by atoms with van der Waals surface area (Å²) < 4.78 is 18.4. The van der Waals surface area contributed by atoms with E-state index in [1.165, 1.54) is 12.0 Å². The second kappa shape index (κ2) is 17.4. The van der Waals surface area contributed by atoms with Crippen LogP contribution in [0.15, 0.2) is 55.6 Å². The molecule has 0 unspecified atom stereocenters. The van der Waals surface area contributed by atoms with Crippen molar-refractivity contribution in [2.24, 2.45) is 17.8 Å². The van der Waals surface area contributed by atoms with E-state index in [1.807, 2.05) is 51.1 Å². The summed E-state index contributed by atoms with van der Waals surface area (Å²) in [5.74, 6) is -3.32. The third-order valence-corrected chi connectivity index (χ3v) is 10.0. The van der Waals surface area contributed by atoms with E-state index in [0.717, 1.165) is 12.8 Å². The fraction of sp³-hybridized carbons (Fsp3) is 0.632. The largest absolute Gasteiger partial charge is 0.455 e. The monoisotopic (exact) mass is 681 g/mol. The minimum Gasteiger partial charge on any atom is -0.455 e. The Balaban J connectivity index is 1.73. The average Bonchev–Trinajstić information content (AvgIpc) is 3.74. The maximum Gasteiger partial charge on any atom is 0.313 e. The van der Waals surface area contributed by atoms with Crippen molar-refractivity contribution in [2.75, 3.05) is 33.4 Å². The smallest absolute Gasteiger partial charge is 0.313 e. The van der Waals surface area contributed by atoms with Crippen LogP contribution in [0.1, 0.15) is 77.4 Å². The molecule has 2 bridgehead atoms. The van der Waals surface area contributed by atoms with Gasteiger partial charge in [0.25, 0.3) is 0 Å². The zero-order chi connectivity index (χ0) is 35.7. The third-order valence-electron chi connectivity index (χ3n) is 10.0. The van der Waals surface area contributed by atoms with Gasteiger partial charge < -0.3 is 34.4 Å². The summed E-state index contributed by atoms with van der Waals surface area (Å²) in [7, 11) is 1.51. The van der Waals surface area contributed by atoms with Crippen molar-refractivity contribution < 1.29 is 38.5 Å². The van der Waals surface area contributed by atoms with Gasteiger partial charge in [0.1, 0.15) is 17.7 Å². The molecule has 4 rings (SSSR count). The minimum absolute atomic E-state index is 0.0677. The van der Waals surface area contributed by atoms with Crippen molar-refractivity contribution >= 4 is 23.7 Å². The van der Waals surface area contributed by atoms with Gasteiger partial charge in [-0.2, -0.15) is 0 Å². The molecular weight excluding hydrogens is 626 g/mol. The number of carbonyl (C=O) groups is 4. The molecule has 11 nitrogen and oxygen atoms in total. The average molecular weight is 682 g/mol. The van der Waals surface area contributed by atoms with Crippen LogP contribution in [0, 0.1) is 17.8 Å². The zero-order valence-corrected chi connectivity index (χ0v) is 29.6. The molecule has 3 amide bonds. The number of rotatable bonds is 20. The van der Waals surface area contributed by atoms with Gasteiger partial charge in [0.05, 0.1) is 43.2 Å². The summed E-state index contributed by atoms with van der Waals surface area (Å²) in [5.41, 5.74) is -0.590. The summed E-state index contributed by atoms with van der Waals surface area (Å²) >= 11 is 0. The number of ether oxygens (including phenoxy) is 3. The van der Waals surface area contributed by atoms with E-state index in [4.69, 9.17) is 14.2 Å². The number of fused-ring (bicyclic) bond motifs is 1. The number of nitrogens with one attached hydrogen (secondary N) is 1. The molecule has 3 heterocycles. The predicted molar refractivity (Wildman–Crippen MR) is 185 cm³/mol. The maximum absolute atomic E-state index is 14.7. The number of methoxy groups -OCH3 is 1. The van der Waals surface area contributed by atoms with E-state index in [2.05, 4.69) is 18.5 Å². The molecule has 0 saturated carbocycles. The number of hydrogen-bond donors (Lipinski definition) is 2. The highest BCUT2D eigenvalue weighted by atomic mass is 16.6. The lowest BCUT2D eigenvalue weighted by Crippen LogP contribution is -2.59. The number of aliphatic hydroxyl groups is 1. The quantitative estimate of drug-likeness (QED) is 0.156. The number of amides is 3. The third kappa shape index (κ3) is 8.10. The second-order valence-electron chi connectivity index (χ2n) is 13.9. The highest BCUT2D eigenvalue weighted by molar-refractivity contribution is 5.98. The van der Waals surface area contributed by atoms with Crippen LogP contribution in [0.5, 0.6) is 0 Å². The molecule has 3 aliphatic heterocycles. The van der Waals surface area contributed by atoms with Gasteiger partial charge in [0.2, 0.25) is 17.7 Å². The number of nitrogens with zero attached hydrogens (tertiary/aromatic N) is 2. The van der Waals surface area contributed by atoms with Crippen molar-refractivity contribution in [3.63, 3.8) is 0 Å². The molecule has 3 aliphatic rings. The Hall–Kier alpha value is -3.54. The highest BCUT2D eigenvalue weighted by Crippen LogP contribution is 2.59. The Morgan fingerprint density at radius 3 is 2.55 bits per heavy atom. The van der Waals surface area contributed by atoms with Gasteiger partial charge in [-0.1, -0.05) is 69.7 Å². The van der Waals surface area contributed by atoms with Crippen molar-refractivity contribution in [1.82, 2.24) is 15.1 Å². The SMILES string of the molecule is C=CCCC(=O)N[C@@H](COC)[C@@H](OC(=O)[C@@H]1[C@H]2C(=O)N([C@@H](CO)CC(C)C)[C@H](C(=O)N(CC=C)CCCC)[C@]23CC[C@H]1O3)c1ccccc1. The van der Waals surface area contributed by atoms with Gasteiger partial charge in [-0.3, -0.25) is 19.2 Å². The minimum atomic E-state index is -1.24. The lowest BCUT2D eigenvalue weighted by atomic mass is 9.70. The van der Waals surface area contributed by atoms with E-state index in [0.29, 0.717) is 44.3 Å². The first kappa shape index (κ1) is 38.3. The number of aliphatic hydroxyl groups excluding tert-OH is 1. The number of unbranched alkanes of at least 4 members (excludes halogenated alkanes) is 1. The zero-order valence-electron chi connectivity index (χ0n) is 29.6. The fourth-order valence-electron chi connectivity index (χ4n) is 7.95. The van der Waals surface area contributed by atoms with E-state index < -0.39 is 53.7 Å². The molecule has 1 spiro atoms. The first-order valence-corrected chi connectivity index (χ1v) is 17.7. The molecule has 1 aromatic carbocycles. The van der Waals surface area contributed by atoms with Crippen LogP contribution in [-0.2, 0) is 33.4 Å². The molecule has 8 atom stereocenters. The molecule has 49 heavy (non-hydrogen) atoms. The van der Waals surface area contributed by atoms with Gasteiger partial charge >= 0.3 is 5.97 Å². The number of benzene rings is 1. The first-order chi connectivity index (χ1) is 23.6. The number of hydrogen-bond acceptors (Lipinski definition) is 8. The first-order valence-electron chi connectivity index (χ1n) is 17.7. The number of likely N-dealkylation sites (tertiary alicyclic amines) is 1. The maximum atomic E-state index is 14.7. The van der Waals surface area contributed by atoms with Gasteiger partial charge in [0, 0.05) is 26.6 Å². The Morgan fingerprint density at radius 2 is 1.94 bits per heavy atom. The Bertz CT molecular complexity index is 1320. The lowest BCUT2D eigenvalue weighted by molar-refractivity contribution is -0.163. The van der Waals surface area contributed by atoms with Crippen LogP contribution in [-0.4, -0.2) is 102 Å². The van der Waals surface area contributed by atoms with Crippen LogP contribution in [0.25, 0.3) is 0 Å². The second-order valence-corrected chi connectivity index (χ2v) is 13.9. The number of carbonyl (C=O) groups excluding carboxylic acids is 4. The van der Waals surface area contributed by atoms with Crippen molar-refractivity contribution in [3.8, 4) is 0 Å². The summed E-state index contributed by atoms with van der Waals surface area (Å²) in [6.07, 6.45) is 5.51. The van der Waals surface area contributed by atoms with Gasteiger partial charge in [-0.15, -0.1) is 13.2 Å². The molecule has 0 radical (unpaired) electrons. The molecule has 3 saturated heterocycles. The van der Waals surface area contributed by atoms with Crippen LogP contribution < -0.4 is 5.32 Å². The molecule has 0 aromatic heterocycles. The molecule has 3 fully saturated rings.